The summed E-state index contributed by atoms with van der Waals surface area (Å²) in [6.07, 6.45) is 0. The smallest absolute Gasteiger partial charge is 0.0508 e. The van der Waals surface area contributed by atoms with Crippen molar-refractivity contribution < 1.29 is 0 Å². The highest BCUT2D eigenvalue weighted by Gasteiger charge is 2.20. The molecule has 1 N–H and O–H groups in total. The Morgan fingerprint density at radius 1 is 0.900 bits per heavy atom. The van der Waals surface area contributed by atoms with Crippen LogP contribution in [0.4, 0.5) is 0 Å². The fourth-order valence-corrected chi connectivity index (χ4v) is 1.35. The summed E-state index contributed by atoms with van der Waals surface area (Å²) >= 11 is 0. The van der Waals surface area contributed by atoms with Crippen molar-refractivity contribution in [2.75, 3.05) is 45.9 Å². The molecule has 2 fully saturated rings. The van der Waals surface area contributed by atoms with Crippen LogP contribution in [-0.2, 0) is 0 Å². The van der Waals surface area contributed by atoms with Gasteiger partial charge >= 0.3 is 0 Å². The van der Waals surface area contributed by atoms with Crippen molar-refractivity contribution in [1.29, 1.82) is 0 Å². The van der Waals surface area contributed by atoms with Crippen LogP contribution in [-0.4, -0.2) is 55.7 Å². The minimum Gasteiger partial charge on any atom is -0.314 e. The molecule has 0 amide bonds. The zero-order chi connectivity index (χ0) is 6.81. The van der Waals surface area contributed by atoms with Gasteiger partial charge in [0.15, 0.2) is 0 Å². The molecule has 0 atom stereocenters. The third-order valence-corrected chi connectivity index (χ3v) is 2.15. The molecule has 2 heterocycles. The molecule has 0 saturated carbocycles. The van der Waals surface area contributed by atoms with E-state index in [1.165, 1.54) is 45.9 Å². The number of nitrogens with one attached hydrogen (secondary N) is 1. The molecule has 0 aliphatic carbocycles. The highest BCUT2D eigenvalue weighted by Crippen LogP contribution is 2.05. The van der Waals surface area contributed by atoms with Crippen molar-refractivity contribution in [2.45, 2.75) is 0 Å². The second-order valence-electron chi connectivity index (χ2n) is 3.13. The van der Waals surface area contributed by atoms with Crippen LogP contribution in [0, 0.1) is 0 Å². The minimum atomic E-state index is 1.17. The lowest BCUT2D eigenvalue weighted by molar-refractivity contribution is 0.191. The summed E-state index contributed by atoms with van der Waals surface area (Å²) in [5, 5.41) is 3.35. The summed E-state index contributed by atoms with van der Waals surface area (Å²) in [6.45, 7) is 8.67. The summed E-state index contributed by atoms with van der Waals surface area (Å²) < 4.78 is 0. The largest absolute Gasteiger partial charge is 0.314 e. The SMILES string of the molecule is C1CN(CN2CC2)CCN1. The van der Waals surface area contributed by atoms with Gasteiger partial charge in [-0.1, -0.05) is 0 Å². The highest BCUT2D eigenvalue weighted by atomic mass is 15.4. The van der Waals surface area contributed by atoms with E-state index in [9.17, 15) is 0 Å². The van der Waals surface area contributed by atoms with Gasteiger partial charge in [-0.2, -0.15) is 0 Å². The van der Waals surface area contributed by atoms with Gasteiger partial charge in [0.05, 0.1) is 6.67 Å². The van der Waals surface area contributed by atoms with Gasteiger partial charge in [0.2, 0.25) is 0 Å². The molecule has 0 aromatic carbocycles. The molecule has 10 heavy (non-hydrogen) atoms. The summed E-state index contributed by atoms with van der Waals surface area (Å²) in [5.74, 6) is 0. The lowest BCUT2D eigenvalue weighted by atomic mass is 10.4. The number of hydrogen-bond acceptors (Lipinski definition) is 3. The molecule has 2 aliphatic rings. The third kappa shape index (κ3) is 1.68. The molecule has 58 valence electrons. The maximum absolute atomic E-state index is 3.35. The predicted molar refractivity (Wildman–Crippen MR) is 40.9 cm³/mol. The Bertz CT molecular complexity index is 105. The normalized spacial score (nSPS) is 28.8. The maximum Gasteiger partial charge on any atom is 0.0508 e. The first kappa shape index (κ1) is 6.58. The van der Waals surface area contributed by atoms with Crippen molar-refractivity contribution >= 4 is 0 Å². The molecule has 2 aliphatic heterocycles. The van der Waals surface area contributed by atoms with Gasteiger partial charge in [-0.05, 0) is 0 Å². The lowest BCUT2D eigenvalue weighted by Crippen LogP contribution is -2.45. The molecule has 2 saturated heterocycles. The number of piperazine rings is 1. The Morgan fingerprint density at radius 3 is 2.10 bits per heavy atom. The van der Waals surface area contributed by atoms with Gasteiger partial charge in [0.1, 0.15) is 0 Å². The van der Waals surface area contributed by atoms with Gasteiger partial charge in [-0.25, -0.2) is 0 Å². The Kier molecular flexibility index (Phi) is 1.88. The van der Waals surface area contributed by atoms with Crippen LogP contribution in [0.1, 0.15) is 0 Å². The fourth-order valence-electron chi connectivity index (χ4n) is 1.35. The first-order valence-corrected chi connectivity index (χ1v) is 4.10. The number of hydrogen-bond donors (Lipinski definition) is 1. The minimum absolute atomic E-state index is 1.17. The van der Waals surface area contributed by atoms with Gasteiger partial charge in [-0.15, -0.1) is 0 Å². The van der Waals surface area contributed by atoms with Crippen molar-refractivity contribution in [3.8, 4) is 0 Å². The molecule has 0 bridgehead atoms. The quantitative estimate of drug-likeness (QED) is 0.506. The van der Waals surface area contributed by atoms with Crippen LogP contribution in [0.15, 0.2) is 0 Å². The molecule has 3 heteroatoms. The number of nitrogens with zero attached hydrogens (tertiary/aromatic N) is 2. The van der Waals surface area contributed by atoms with Crippen molar-refractivity contribution in [2.24, 2.45) is 0 Å². The van der Waals surface area contributed by atoms with Crippen LogP contribution in [0.25, 0.3) is 0 Å². The first-order valence-electron chi connectivity index (χ1n) is 4.10. The summed E-state index contributed by atoms with van der Waals surface area (Å²) in [6, 6.07) is 0. The maximum atomic E-state index is 3.35. The fraction of sp³-hybridized carbons (Fsp3) is 1.00. The van der Waals surface area contributed by atoms with E-state index in [2.05, 4.69) is 15.1 Å². The summed E-state index contributed by atoms with van der Waals surface area (Å²) in [7, 11) is 0. The van der Waals surface area contributed by atoms with E-state index in [0.29, 0.717) is 0 Å². The zero-order valence-electron chi connectivity index (χ0n) is 6.34. The van der Waals surface area contributed by atoms with E-state index < -0.39 is 0 Å². The molecule has 0 spiro atoms. The third-order valence-electron chi connectivity index (χ3n) is 2.15. The van der Waals surface area contributed by atoms with Crippen molar-refractivity contribution in [3.05, 3.63) is 0 Å². The molecular weight excluding hydrogens is 126 g/mol. The van der Waals surface area contributed by atoms with Gasteiger partial charge in [-0.3, -0.25) is 9.80 Å². The highest BCUT2D eigenvalue weighted by molar-refractivity contribution is 4.75. The van der Waals surface area contributed by atoms with Gasteiger partial charge in [0.25, 0.3) is 0 Å². The molecule has 0 aromatic heterocycles. The zero-order valence-corrected chi connectivity index (χ0v) is 6.34. The second kappa shape index (κ2) is 2.86. The lowest BCUT2D eigenvalue weighted by Gasteiger charge is -2.27. The molecule has 0 unspecified atom stereocenters. The van der Waals surface area contributed by atoms with E-state index in [0.717, 1.165) is 0 Å². The molecule has 0 aromatic rings. The Labute approximate surface area is 62.0 Å². The molecule has 2 rings (SSSR count). The second-order valence-corrected chi connectivity index (χ2v) is 3.13. The van der Waals surface area contributed by atoms with Crippen molar-refractivity contribution in [3.63, 3.8) is 0 Å². The molecule has 3 nitrogen and oxygen atoms in total. The molecule has 0 radical (unpaired) electrons. The average Bonchev–Trinajstić information content (AvgIpc) is 2.74. The topological polar surface area (TPSA) is 18.3 Å². The number of rotatable bonds is 2. The van der Waals surface area contributed by atoms with Crippen LogP contribution >= 0.6 is 0 Å². The standard InChI is InChI=1S/C7H15N3/c1-3-9(4-2-8-1)7-10-5-6-10/h8H,1-7H2. The van der Waals surface area contributed by atoms with Crippen LogP contribution in [0.3, 0.4) is 0 Å². The van der Waals surface area contributed by atoms with Crippen LogP contribution in [0.5, 0.6) is 0 Å². The van der Waals surface area contributed by atoms with E-state index in [-0.39, 0.29) is 0 Å². The Morgan fingerprint density at radius 2 is 1.50 bits per heavy atom. The average molecular weight is 141 g/mol. The van der Waals surface area contributed by atoms with E-state index in [1.807, 2.05) is 0 Å². The van der Waals surface area contributed by atoms with Gasteiger partial charge in [0, 0.05) is 39.3 Å². The monoisotopic (exact) mass is 141 g/mol. The van der Waals surface area contributed by atoms with E-state index in [1.54, 1.807) is 0 Å². The van der Waals surface area contributed by atoms with Gasteiger partial charge < -0.3 is 5.32 Å². The Balaban J connectivity index is 1.69. The van der Waals surface area contributed by atoms with Crippen LogP contribution < -0.4 is 5.32 Å². The molecular formula is C7H15N3. The predicted octanol–water partition coefficient (Wildman–Crippen LogP) is -0.835. The summed E-state index contributed by atoms with van der Waals surface area (Å²) in [4.78, 5) is 4.98. The van der Waals surface area contributed by atoms with E-state index >= 15 is 0 Å². The van der Waals surface area contributed by atoms with Crippen molar-refractivity contribution in [1.82, 2.24) is 15.1 Å². The van der Waals surface area contributed by atoms with Crippen LogP contribution in [0.2, 0.25) is 0 Å². The summed E-state index contributed by atoms with van der Waals surface area (Å²) in [5.41, 5.74) is 0. The Hall–Kier alpha value is -0.120. The van der Waals surface area contributed by atoms with E-state index in [4.69, 9.17) is 0 Å². The first-order chi connectivity index (χ1) is 4.95.